The van der Waals surface area contributed by atoms with Crippen molar-refractivity contribution >= 4 is 5.69 Å². The van der Waals surface area contributed by atoms with Crippen molar-refractivity contribution in [3.8, 4) is 0 Å². The van der Waals surface area contributed by atoms with Gasteiger partial charge in [0.05, 0.1) is 11.2 Å². The molecule has 1 saturated carbocycles. The smallest absolute Gasteiger partial charge is 0.0808 e. The standard InChI is InChI=1S/C17H27N3O/c1-16(2)11-20(12-17(3,4)21-16)15-7-8-18-9-13(15)10-19-14-5-6-14/h7-9,14,19H,5-6,10-12H2,1-4H3. The van der Waals surface area contributed by atoms with Gasteiger partial charge in [-0.3, -0.25) is 4.98 Å². The van der Waals surface area contributed by atoms with Crippen LogP contribution in [-0.4, -0.2) is 35.3 Å². The Morgan fingerprint density at radius 1 is 1.24 bits per heavy atom. The average molecular weight is 289 g/mol. The average Bonchev–Trinajstić information content (AvgIpc) is 3.17. The Balaban J connectivity index is 1.81. The van der Waals surface area contributed by atoms with Crippen molar-refractivity contribution in [2.45, 2.75) is 64.3 Å². The lowest BCUT2D eigenvalue weighted by Crippen LogP contribution is -2.57. The fourth-order valence-corrected chi connectivity index (χ4v) is 3.36. The second-order valence-corrected chi connectivity index (χ2v) is 7.64. The molecule has 1 aliphatic carbocycles. The van der Waals surface area contributed by atoms with Gasteiger partial charge in [0.25, 0.3) is 0 Å². The number of nitrogens with one attached hydrogen (secondary N) is 1. The molecule has 2 aliphatic rings. The number of nitrogens with zero attached hydrogens (tertiary/aromatic N) is 2. The van der Waals surface area contributed by atoms with Crippen LogP contribution >= 0.6 is 0 Å². The number of anilines is 1. The highest BCUT2D eigenvalue weighted by molar-refractivity contribution is 5.53. The zero-order valence-corrected chi connectivity index (χ0v) is 13.6. The molecule has 1 aliphatic heterocycles. The molecule has 1 saturated heterocycles. The van der Waals surface area contributed by atoms with Gasteiger partial charge in [0.15, 0.2) is 0 Å². The molecule has 1 aromatic heterocycles. The minimum atomic E-state index is -0.133. The lowest BCUT2D eigenvalue weighted by atomic mass is 9.98. The molecule has 0 bridgehead atoms. The predicted molar refractivity (Wildman–Crippen MR) is 85.6 cm³/mol. The molecule has 3 rings (SSSR count). The second-order valence-electron chi connectivity index (χ2n) is 7.64. The van der Waals surface area contributed by atoms with Gasteiger partial charge in [-0.2, -0.15) is 0 Å². The fourth-order valence-electron chi connectivity index (χ4n) is 3.36. The first-order chi connectivity index (χ1) is 9.85. The minimum absolute atomic E-state index is 0.133. The Morgan fingerprint density at radius 2 is 1.90 bits per heavy atom. The third-order valence-electron chi connectivity index (χ3n) is 4.07. The summed E-state index contributed by atoms with van der Waals surface area (Å²) in [7, 11) is 0. The van der Waals surface area contributed by atoms with Crippen LogP contribution < -0.4 is 10.2 Å². The Bertz CT molecular complexity index is 493. The van der Waals surface area contributed by atoms with Crippen LogP contribution in [0.3, 0.4) is 0 Å². The Morgan fingerprint density at radius 3 is 2.52 bits per heavy atom. The number of aromatic nitrogens is 1. The molecule has 1 aromatic rings. The Kier molecular flexibility index (Phi) is 3.70. The van der Waals surface area contributed by atoms with E-state index in [4.69, 9.17) is 4.74 Å². The summed E-state index contributed by atoms with van der Waals surface area (Å²) in [6, 6.07) is 2.86. The van der Waals surface area contributed by atoms with Gasteiger partial charge in [0, 0.05) is 49.3 Å². The highest BCUT2D eigenvalue weighted by Crippen LogP contribution is 2.33. The van der Waals surface area contributed by atoms with E-state index in [1.807, 2.05) is 12.4 Å². The molecule has 0 aromatic carbocycles. The minimum Gasteiger partial charge on any atom is -0.366 e. The lowest BCUT2D eigenvalue weighted by Gasteiger charge is -2.48. The maximum absolute atomic E-state index is 6.19. The largest absolute Gasteiger partial charge is 0.366 e. The topological polar surface area (TPSA) is 37.4 Å². The molecule has 2 heterocycles. The summed E-state index contributed by atoms with van der Waals surface area (Å²) >= 11 is 0. The monoisotopic (exact) mass is 289 g/mol. The molecule has 0 radical (unpaired) electrons. The van der Waals surface area contributed by atoms with Gasteiger partial charge in [-0.25, -0.2) is 0 Å². The van der Waals surface area contributed by atoms with Gasteiger partial charge in [0.1, 0.15) is 0 Å². The van der Waals surface area contributed by atoms with Gasteiger partial charge in [-0.05, 0) is 46.6 Å². The summed E-state index contributed by atoms with van der Waals surface area (Å²) in [6.45, 7) is 11.4. The molecule has 0 spiro atoms. The number of pyridine rings is 1. The van der Waals surface area contributed by atoms with E-state index < -0.39 is 0 Å². The van der Waals surface area contributed by atoms with E-state index in [0.717, 1.165) is 25.7 Å². The molecule has 0 amide bonds. The summed E-state index contributed by atoms with van der Waals surface area (Å²) in [5.74, 6) is 0. The third kappa shape index (κ3) is 3.74. The molecule has 4 heteroatoms. The molecular weight excluding hydrogens is 262 g/mol. The molecule has 2 fully saturated rings. The normalized spacial score (nSPS) is 24.1. The SMILES string of the molecule is CC1(C)CN(c2ccncc2CNC2CC2)CC(C)(C)O1. The van der Waals surface area contributed by atoms with Crippen LogP contribution in [0.2, 0.25) is 0 Å². The Labute approximate surface area is 127 Å². The summed E-state index contributed by atoms with van der Waals surface area (Å²) in [6.07, 6.45) is 6.52. The number of hydrogen-bond donors (Lipinski definition) is 1. The van der Waals surface area contributed by atoms with Crippen LogP contribution in [0, 0.1) is 0 Å². The van der Waals surface area contributed by atoms with E-state index in [9.17, 15) is 0 Å². The lowest BCUT2D eigenvalue weighted by molar-refractivity contribution is -0.133. The maximum atomic E-state index is 6.19. The van der Waals surface area contributed by atoms with E-state index in [-0.39, 0.29) is 11.2 Å². The van der Waals surface area contributed by atoms with Crippen molar-refractivity contribution in [3.63, 3.8) is 0 Å². The molecule has 0 unspecified atom stereocenters. The highest BCUT2D eigenvalue weighted by atomic mass is 16.5. The van der Waals surface area contributed by atoms with E-state index in [1.54, 1.807) is 0 Å². The van der Waals surface area contributed by atoms with E-state index in [2.05, 4.69) is 49.0 Å². The predicted octanol–water partition coefficient (Wildman–Crippen LogP) is 2.73. The van der Waals surface area contributed by atoms with Crippen LogP contribution in [0.15, 0.2) is 18.5 Å². The second kappa shape index (κ2) is 5.25. The first-order valence-corrected chi connectivity index (χ1v) is 7.96. The number of morpholine rings is 1. The van der Waals surface area contributed by atoms with Gasteiger partial charge >= 0.3 is 0 Å². The number of hydrogen-bond acceptors (Lipinski definition) is 4. The molecule has 1 N–H and O–H groups in total. The quantitative estimate of drug-likeness (QED) is 0.925. The number of ether oxygens (including phenoxy) is 1. The van der Waals surface area contributed by atoms with Gasteiger partial charge in [-0.15, -0.1) is 0 Å². The van der Waals surface area contributed by atoms with Crippen molar-refractivity contribution < 1.29 is 4.74 Å². The van der Waals surface area contributed by atoms with Crippen molar-refractivity contribution in [1.29, 1.82) is 0 Å². The van der Waals surface area contributed by atoms with E-state index >= 15 is 0 Å². The first kappa shape index (κ1) is 14.8. The van der Waals surface area contributed by atoms with E-state index in [1.165, 1.54) is 24.1 Å². The molecule has 4 nitrogen and oxygen atoms in total. The maximum Gasteiger partial charge on any atom is 0.0808 e. The summed E-state index contributed by atoms with van der Waals surface area (Å²) < 4.78 is 6.19. The fraction of sp³-hybridized carbons (Fsp3) is 0.706. The summed E-state index contributed by atoms with van der Waals surface area (Å²) in [5, 5.41) is 3.60. The van der Waals surface area contributed by atoms with Crippen molar-refractivity contribution in [3.05, 3.63) is 24.0 Å². The molecular formula is C17H27N3O. The van der Waals surface area contributed by atoms with Gasteiger partial charge in [0.2, 0.25) is 0 Å². The van der Waals surface area contributed by atoms with E-state index in [0.29, 0.717) is 0 Å². The van der Waals surface area contributed by atoms with Crippen molar-refractivity contribution in [2.75, 3.05) is 18.0 Å². The van der Waals surface area contributed by atoms with Crippen molar-refractivity contribution in [2.24, 2.45) is 0 Å². The number of rotatable bonds is 4. The zero-order chi connectivity index (χ0) is 15.1. The molecule has 116 valence electrons. The van der Waals surface area contributed by atoms with Gasteiger partial charge < -0.3 is 15.0 Å². The van der Waals surface area contributed by atoms with Crippen LogP contribution in [0.25, 0.3) is 0 Å². The van der Waals surface area contributed by atoms with Crippen LogP contribution in [0.1, 0.15) is 46.1 Å². The third-order valence-corrected chi connectivity index (χ3v) is 4.07. The summed E-state index contributed by atoms with van der Waals surface area (Å²) in [5.41, 5.74) is 2.32. The summed E-state index contributed by atoms with van der Waals surface area (Å²) in [4.78, 5) is 6.77. The molecule has 0 atom stereocenters. The molecule has 21 heavy (non-hydrogen) atoms. The van der Waals surface area contributed by atoms with Crippen LogP contribution in [-0.2, 0) is 11.3 Å². The Hall–Kier alpha value is -1.13. The first-order valence-electron chi connectivity index (χ1n) is 7.96. The van der Waals surface area contributed by atoms with Gasteiger partial charge in [-0.1, -0.05) is 0 Å². The van der Waals surface area contributed by atoms with Crippen LogP contribution in [0.5, 0.6) is 0 Å². The van der Waals surface area contributed by atoms with Crippen molar-refractivity contribution in [1.82, 2.24) is 10.3 Å². The highest BCUT2D eigenvalue weighted by Gasteiger charge is 2.38. The zero-order valence-electron chi connectivity index (χ0n) is 13.6. The van der Waals surface area contributed by atoms with Crippen LogP contribution in [0.4, 0.5) is 5.69 Å².